The molecule has 16 heavy (non-hydrogen) atoms. The standard InChI is InChI=1S/C14H20O2/c1-11(15)13-7-4-8-14(9-13)16-10-12-5-2-3-6-12/h4,7-9,11-12,15H,2-3,5-6,10H2,1H3. The zero-order valence-electron chi connectivity index (χ0n) is 9.86. The first-order chi connectivity index (χ1) is 7.75. The van der Waals surface area contributed by atoms with Crippen LogP contribution in [-0.4, -0.2) is 11.7 Å². The predicted octanol–water partition coefficient (Wildman–Crippen LogP) is 3.31. The summed E-state index contributed by atoms with van der Waals surface area (Å²) in [5, 5.41) is 9.47. The first kappa shape index (κ1) is 11.5. The van der Waals surface area contributed by atoms with Gasteiger partial charge >= 0.3 is 0 Å². The second-order valence-electron chi connectivity index (χ2n) is 4.71. The number of rotatable bonds is 4. The summed E-state index contributed by atoms with van der Waals surface area (Å²) < 4.78 is 5.77. The third-order valence-corrected chi connectivity index (χ3v) is 3.30. The Morgan fingerprint density at radius 1 is 1.38 bits per heavy atom. The van der Waals surface area contributed by atoms with Gasteiger partial charge in [0.15, 0.2) is 0 Å². The van der Waals surface area contributed by atoms with E-state index in [0.29, 0.717) is 0 Å². The van der Waals surface area contributed by atoms with E-state index >= 15 is 0 Å². The first-order valence-corrected chi connectivity index (χ1v) is 6.16. The van der Waals surface area contributed by atoms with Gasteiger partial charge in [0.05, 0.1) is 12.7 Å². The summed E-state index contributed by atoms with van der Waals surface area (Å²) in [5.41, 5.74) is 0.920. The van der Waals surface area contributed by atoms with Crippen molar-refractivity contribution in [1.29, 1.82) is 0 Å². The molecular weight excluding hydrogens is 200 g/mol. The Morgan fingerprint density at radius 2 is 2.12 bits per heavy atom. The molecule has 0 radical (unpaired) electrons. The van der Waals surface area contributed by atoms with E-state index in [1.54, 1.807) is 6.92 Å². The van der Waals surface area contributed by atoms with Gasteiger partial charge in [-0.15, -0.1) is 0 Å². The highest BCUT2D eigenvalue weighted by Gasteiger charge is 2.15. The van der Waals surface area contributed by atoms with E-state index in [9.17, 15) is 5.11 Å². The summed E-state index contributed by atoms with van der Waals surface area (Å²) >= 11 is 0. The topological polar surface area (TPSA) is 29.5 Å². The quantitative estimate of drug-likeness (QED) is 0.843. The Hall–Kier alpha value is -1.02. The molecular formula is C14H20O2. The Bertz CT molecular complexity index is 327. The van der Waals surface area contributed by atoms with Gasteiger partial charge in [-0.1, -0.05) is 25.0 Å². The molecule has 2 rings (SSSR count). The van der Waals surface area contributed by atoms with Crippen LogP contribution in [-0.2, 0) is 0 Å². The highest BCUT2D eigenvalue weighted by Crippen LogP contribution is 2.26. The minimum atomic E-state index is -0.421. The fraction of sp³-hybridized carbons (Fsp3) is 0.571. The van der Waals surface area contributed by atoms with Gasteiger partial charge in [0.1, 0.15) is 5.75 Å². The van der Waals surface area contributed by atoms with Crippen LogP contribution in [0.3, 0.4) is 0 Å². The zero-order chi connectivity index (χ0) is 11.4. The van der Waals surface area contributed by atoms with E-state index in [0.717, 1.165) is 23.8 Å². The molecule has 2 heteroatoms. The molecule has 1 aromatic rings. The lowest BCUT2D eigenvalue weighted by molar-refractivity contribution is 0.198. The Morgan fingerprint density at radius 3 is 2.81 bits per heavy atom. The number of benzene rings is 1. The van der Waals surface area contributed by atoms with Gasteiger partial charge in [-0.2, -0.15) is 0 Å². The van der Waals surface area contributed by atoms with E-state index in [1.165, 1.54) is 25.7 Å². The highest BCUT2D eigenvalue weighted by molar-refractivity contribution is 5.29. The van der Waals surface area contributed by atoms with Gasteiger partial charge in [-0.3, -0.25) is 0 Å². The third kappa shape index (κ3) is 2.99. The van der Waals surface area contributed by atoms with Crippen LogP contribution >= 0.6 is 0 Å². The molecule has 0 aromatic heterocycles. The first-order valence-electron chi connectivity index (χ1n) is 6.16. The molecule has 0 spiro atoms. The van der Waals surface area contributed by atoms with Crippen LogP contribution in [0.2, 0.25) is 0 Å². The van der Waals surface area contributed by atoms with E-state index in [1.807, 2.05) is 24.3 Å². The maximum Gasteiger partial charge on any atom is 0.119 e. The molecule has 0 amide bonds. The van der Waals surface area contributed by atoms with Gasteiger partial charge in [0.25, 0.3) is 0 Å². The van der Waals surface area contributed by atoms with E-state index in [-0.39, 0.29) is 0 Å². The molecule has 0 heterocycles. The Labute approximate surface area is 97.3 Å². The van der Waals surface area contributed by atoms with E-state index < -0.39 is 6.10 Å². The predicted molar refractivity (Wildman–Crippen MR) is 64.5 cm³/mol. The SMILES string of the molecule is CC(O)c1cccc(OCC2CCCC2)c1. The summed E-state index contributed by atoms with van der Waals surface area (Å²) in [7, 11) is 0. The number of aliphatic hydroxyl groups excluding tert-OH is 1. The number of ether oxygens (including phenoxy) is 1. The van der Waals surface area contributed by atoms with Crippen LogP contribution in [0.1, 0.15) is 44.3 Å². The van der Waals surface area contributed by atoms with Crippen molar-refractivity contribution in [2.24, 2.45) is 5.92 Å². The molecule has 1 fully saturated rings. The Kier molecular flexibility index (Phi) is 3.83. The number of aliphatic hydroxyl groups is 1. The molecule has 0 aliphatic heterocycles. The molecule has 1 unspecified atom stereocenters. The Balaban J connectivity index is 1.90. The summed E-state index contributed by atoms with van der Waals surface area (Å²) in [4.78, 5) is 0. The maximum absolute atomic E-state index is 9.47. The maximum atomic E-state index is 9.47. The van der Waals surface area contributed by atoms with Gasteiger partial charge in [0.2, 0.25) is 0 Å². The summed E-state index contributed by atoms with van der Waals surface area (Å²) in [6.45, 7) is 2.60. The van der Waals surface area contributed by atoms with Gasteiger partial charge in [-0.25, -0.2) is 0 Å². The van der Waals surface area contributed by atoms with Crippen molar-refractivity contribution >= 4 is 0 Å². The summed E-state index contributed by atoms with van der Waals surface area (Å²) in [6.07, 6.45) is 4.88. The minimum Gasteiger partial charge on any atom is -0.493 e. The smallest absolute Gasteiger partial charge is 0.119 e. The van der Waals surface area contributed by atoms with Gasteiger partial charge in [-0.05, 0) is 43.4 Å². The summed E-state index contributed by atoms with van der Waals surface area (Å²) in [6, 6.07) is 7.75. The molecule has 1 saturated carbocycles. The van der Waals surface area contributed by atoms with Crippen molar-refractivity contribution in [3.8, 4) is 5.75 Å². The van der Waals surface area contributed by atoms with Crippen molar-refractivity contribution in [2.75, 3.05) is 6.61 Å². The van der Waals surface area contributed by atoms with E-state index in [4.69, 9.17) is 4.74 Å². The molecule has 0 saturated heterocycles. The fourth-order valence-corrected chi connectivity index (χ4v) is 2.26. The van der Waals surface area contributed by atoms with Gasteiger partial charge in [0, 0.05) is 0 Å². The van der Waals surface area contributed by atoms with Gasteiger partial charge < -0.3 is 9.84 Å². The second-order valence-corrected chi connectivity index (χ2v) is 4.71. The molecule has 1 atom stereocenters. The molecule has 1 aromatic carbocycles. The van der Waals surface area contributed by atoms with Crippen LogP contribution in [0.5, 0.6) is 5.75 Å². The normalized spacial score (nSPS) is 18.6. The lowest BCUT2D eigenvalue weighted by Gasteiger charge is -2.12. The van der Waals surface area contributed by atoms with Crippen LogP contribution in [0, 0.1) is 5.92 Å². The zero-order valence-corrected chi connectivity index (χ0v) is 9.86. The van der Waals surface area contributed by atoms with Crippen molar-refractivity contribution in [3.63, 3.8) is 0 Å². The molecule has 0 bridgehead atoms. The average Bonchev–Trinajstić information content (AvgIpc) is 2.79. The molecule has 1 aliphatic rings. The minimum absolute atomic E-state index is 0.421. The van der Waals surface area contributed by atoms with Crippen molar-refractivity contribution in [2.45, 2.75) is 38.7 Å². The third-order valence-electron chi connectivity index (χ3n) is 3.30. The largest absolute Gasteiger partial charge is 0.493 e. The van der Waals surface area contributed by atoms with Crippen LogP contribution < -0.4 is 4.74 Å². The van der Waals surface area contributed by atoms with Crippen molar-refractivity contribution < 1.29 is 9.84 Å². The van der Waals surface area contributed by atoms with E-state index in [2.05, 4.69) is 0 Å². The second kappa shape index (κ2) is 5.35. The monoisotopic (exact) mass is 220 g/mol. The molecule has 1 N–H and O–H groups in total. The van der Waals surface area contributed by atoms with Crippen LogP contribution in [0.15, 0.2) is 24.3 Å². The molecule has 1 aliphatic carbocycles. The van der Waals surface area contributed by atoms with Crippen LogP contribution in [0.4, 0.5) is 0 Å². The summed E-state index contributed by atoms with van der Waals surface area (Å²) in [5.74, 6) is 1.61. The number of hydrogen-bond acceptors (Lipinski definition) is 2. The number of hydrogen-bond donors (Lipinski definition) is 1. The molecule has 2 nitrogen and oxygen atoms in total. The molecule has 88 valence electrons. The van der Waals surface area contributed by atoms with Crippen molar-refractivity contribution in [3.05, 3.63) is 29.8 Å². The average molecular weight is 220 g/mol. The highest BCUT2D eigenvalue weighted by atomic mass is 16.5. The fourth-order valence-electron chi connectivity index (χ4n) is 2.26. The van der Waals surface area contributed by atoms with Crippen molar-refractivity contribution in [1.82, 2.24) is 0 Å². The lowest BCUT2D eigenvalue weighted by Crippen LogP contribution is -2.08. The van der Waals surface area contributed by atoms with Crippen LogP contribution in [0.25, 0.3) is 0 Å². The lowest BCUT2D eigenvalue weighted by atomic mass is 10.1.